The Morgan fingerprint density at radius 1 is 1.09 bits per heavy atom. The van der Waals surface area contributed by atoms with Crippen LogP contribution in [0.1, 0.15) is 22.4 Å². The lowest BCUT2D eigenvalue weighted by molar-refractivity contribution is -0.137. The van der Waals surface area contributed by atoms with Crippen LogP contribution in [0.2, 0.25) is 10.0 Å². The maximum atomic E-state index is 13.7. The van der Waals surface area contributed by atoms with Crippen LogP contribution in [0, 0.1) is 6.92 Å². The molecule has 0 atom stereocenters. The molecule has 4 rings (SSSR count). The largest absolute Gasteiger partial charge is 0.480 e. The molecule has 0 aliphatic rings. The van der Waals surface area contributed by atoms with Gasteiger partial charge in [-0.1, -0.05) is 41.4 Å². The fourth-order valence-corrected chi connectivity index (χ4v) is 5.85. The second-order valence-electron chi connectivity index (χ2n) is 7.53. The standard InChI is InChI=1S/C23H17Cl2F3N2O3S/c1-13-8-14(23(26,27)28)9-20-17(13)10-15(11-18-19(24)12-29-22(33-2)21(18)25)30(20)34(31,32)16-6-4-3-5-7-16/h3-10,12H,11H2,1-2H3. The number of hydrogen-bond acceptors (Lipinski definition) is 4. The molecule has 0 aliphatic heterocycles. The summed E-state index contributed by atoms with van der Waals surface area (Å²) in [6.45, 7) is 1.50. The molecule has 178 valence electrons. The maximum absolute atomic E-state index is 13.7. The molecule has 2 heterocycles. The number of ether oxygens (including phenoxy) is 1. The maximum Gasteiger partial charge on any atom is 0.416 e. The first-order valence-electron chi connectivity index (χ1n) is 9.84. The third-order valence-corrected chi connectivity index (χ3v) is 7.85. The van der Waals surface area contributed by atoms with E-state index in [4.69, 9.17) is 27.9 Å². The number of benzene rings is 2. The summed E-state index contributed by atoms with van der Waals surface area (Å²) in [5, 5.41) is 0.597. The topological polar surface area (TPSA) is 61.2 Å². The van der Waals surface area contributed by atoms with Crippen LogP contribution in [-0.2, 0) is 22.6 Å². The third kappa shape index (κ3) is 4.23. The van der Waals surface area contributed by atoms with Gasteiger partial charge in [-0.3, -0.25) is 0 Å². The van der Waals surface area contributed by atoms with Crippen molar-refractivity contribution in [1.82, 2.24) is 8.96 Å². The predicted molar refractivity (Wildman–Crippen MR) is 124 cm³/mol. The number of aryl methyl sites for hydroxylation is 1. The Hall–Kier alpha value is -2.75. The van der Waals surface area contributed by atoms with Gasteiger partial charge in [-0.05, 0) is 42.8 Å². The number of pyridine rings is 1. The molecule has 0 bridgehead atoms. The lowest BCUT2D eigenvalue weighted by Crippen LogP contribution is -2.16. The summed E-state index contributed by atoms with van der Waals surface area (Å²) in [5.74, 6) is 0.0881. The Kier molecular flexibility index (Phi) is 6.30. The lowest BCUT2D eigenvalue weighted by Gasteiger charge is -2.15. The highest BCUT2D eigenvalue weighted by Gasteiger charge is 2.33. The van der Waals surface area contributed by atoms with Crippen LogP contribution in [0.5, 0.6) is 5.88 Å². The van der Waals surface area contributed by atoms with E-state index in [1.54, 1.807) is 6.07 Å². The average molecular weight is 529 g/mol. The van der Waals surface area contributed by atoms with Crippen molar-refractivity contribution in [3.8, 4) is 5.88 Å². The van der Waals surface area contributed by atoms with Gasteiger partial charge < -0.3 is 4.74 Å². The molecule has 0 aliphatic carbocycles. The average Bonchev–Trinajstić information content (AvgIpc) is 3.16. The van der Waals surface area contributed by atoms with Crippen LogP contribution in [0.3, 0.4) is 0 Å². The zero-order valence-electron chi connectivity index (χ0n) is 17.8. The zero-order chi connectivity index (χ0) is 24.8. The Morgan fingerprint density at radius 2 is 1.76 bits per heavy atom. The van der Waals surface area contributed by atoms with Gasteiger partial charge in [0.25, 0.3) is 10.0 Å². The number of halogens is 5. The minimum absolute atomic E-state index is 0.0756. The molecule has 2 aromatic carbocycles. The van der Waals surface area contributed by atoms with E-state index < -0.39 is 21.8 Å². The molecule has 5 nitrogen and oxygen atoms in total. The van der Waals surface area contributed by atoms with Crippen LogP contribution in [0.4, 0.5) is 13.2 Å². The fourth-order valence-electron chi connectivity index (χ4n) is 3.75. The third-order valence-electron chi connectivity index (χ3n) is 5.35. The summed E-state index contributed by atoms with van der Waals surface area (Å²) in [7, 11) is -2.91. The normalized spacial score (nSPS) is 12.3. The van der Waals surface area contributed by atoms with Gasteiger partial charge in [-0.25, -0.2) is 17.4 Å². The molecular formula is C23H17Cl2F3N2O3S. The number of aromatic nitrogens is 2. The summed E-state index contributed by atoms with van der Waals surface area (Å²) in [5.41, 5.74) is -0.264. The van der Waals surface area contributed by atoms with Gasteiger partial charge in [-0.2, -0.15) is 13.2 Å². The number of methoxy groups -OCH3 is 1. The quantitative estimate of drug-likeness (QED) is 0.296. The van der Waals surface area contributed by atoms with E-state index in [9.17, 15) is 21.6 Å². The van der Waals surface area contributed by atoms with Crippen LogP contribution in [0.25, 0.3) is 10.9 Å². The molecule has 0 N–H and O–H groups in total. The molecule has 0 spiro atoms. The lowest BCUT2D eigenvalue weighted by atomic mass is 10.1. The molecule has 0 saturated carbocycles. The minimum Gasteiger partial charge on any atom is -0.480 e. The van der Waals surface area contributed by atoms with E-state index in [0.29, 0.717) is 10.9 Å². The molecule has 11 heteroatoms. The molecule has 0 amide bonds. The van der Waals surface area contributed by atoms with Crippen molar-refractivity contribution in [2.45, 2.75) is 24.4 Å². The van der Waals surface area contributed by atoms with Crippen LogP contribution < -0.4 is 4.74 Å². The summed E-state index contributed by atoms with van der Waals surface area (Å²) >= 11 is 12.7. The second-order valence-corrected chi connectivity index (χ2v) is 10.1. The summed E-state index contributed by atoms with van der Waals surface area (Å²) in [4.78, 5) is 3.90. The first-order chi connectivity index (χ1) is 15.9. The first kappa shape index (κ1) is 24.4. The van der Waals surface area contributed by atoms with Gasteiger partial charge in [0, 0.05) is 29.3 Å². The van der Waals surface area contributed by atoms with Crippen LogP contribution >= 0.6 is 23.2 Å². The predicted octanol–water partition coefficient (Wildman–Crippen LogP) is 6.51. The first-order valence-corrected chi connectivity index (χ1v) is 12.0. The molecule has 0 saturated heterocycles. The summed E-state index contributed by atoms with van der Waals surface area (Å²) < 4.78 is 74.1. The highest BCUT2D eigenvalue weighted by molar-refractivity contribution is 7.90. The summed E-state index contributed by atoms with van der Waals surface area (Å²) in [6, 6.07) is 10.8. The monoisotopic (exact) mass is 528 g/mol. The van der Waals surface area contributed by atoms with Crippen molar-refractivity contribution < 1.29 is 26.3 Å². The van der Waals surface area contributed by atoms with E-state index in [2.05, 4.69) is 4.98 Å². The van der Waals surface area contributed by atoms with Crippen molar-refractivity contribution in [2.75, 3.05) is 7.11 Å². The molecule has 2 aromatic heterocycles. The second kappa shape index (κ2) is 8.79. The van der Waals surface area contributed by atoms with Crippen molar-refractivity contribution in [2.24, 2.45) is 0 Å². The number of fused-ring (bicyclic) bond motifs is 1. The van der Waals surface area contributed by atoms with Gasteiger partial charge >= 0.3 is 6.18 Å². The smallest absolute Gasteiger partial charge is 0.416 e. The number of hydrogen-bond donors (Lipinski definition) is 0. The fraction of sp³-hybridized carbons (Fsp3) is 0.174. The number of rotatable bonds is 5. The van der Waals surface area contributed by atoms with Crippen LogP contribution in [-0.4, -0.2) is 24.5 Å². The highest BCUT2D eigenvalue weighted by atomic mass is 35.5. The van der Waals surface area contributed by atoms with E-state index in [1.165, 1.54) is 50.6 Å². The minimum atomic E-state index is -4.66. The SMILES string of the molecule is COc1ncc(Cl)c(Cc2cc3c(C)cc(C(F)(F)F)cc3n2S(=O)(=O)c2ccccc2)c1Cl. The van der Waals surface area contributed by atoms with Crippen molar-refractivity contribution in [3.63, 3.8) is 0 Å². The van der Waals surface area contributed by atoms with Gasteiger partial charge in [0.05, 0.1) is 28.1 Å². The molecular weight excluding hydrogens is 512 g/mol. The molecule has 4 aromatic rings. The van der Waals surface area contributed by atoms with Gasteiger partial charge in [-0.15, -0.1) is 0 Å². The van der Waals surface area contributed by atoms with E-state index in [-0.39, 0.29) is 44.0 Å². The van der Waals surface area contributed by atoms with E-state index in [1.807, 2.05) is 0 Å². The molecule has 0 unspecified atom stereocenters. The number of nitrogens with zero attached hydrogens (tertiary/aromatic N) is 2. The van der Waals surface area contributed by atoms with Crippen molar-refractivity contribution in [3.05, 3.63) is 87.2 Å². The van der Waals surface area contributed by atoms with E-state index in [0.717, 1.165) is 16.1 Å². The highest BCUT2D eigenvalue weighted by Crippen LogP contribution is 2.38. The van der Waals surface area contributed by atoms with Crippen molar-refractivity contribution in [1.29, 1.82) is 0 Å². The Morgan fingerprint density at radius 3 is 2.38 bits per heavy atom. The van der Waals surface area contributed by atoms with Crippen LogP contribution in [0.15, 0.2) is 59.6 Å². The molecule has 0 fully saturated rings. The number of alkyl halides is 3. The van der Waals surface area contributed by atoms with E-state index >= 15 is 0 Å². The molecule has 0 radical (unpaired) electrons. The molecule has 34 heavy (non-hydrogen) atoms. The zero-order valence-corrected chi connectivity index (χ0v) is 20.1. The Labute approximate surface area is 203 Å². The van der Waals surface area contributed by atoms with Crippen molar-refractivity contribution >= 4 is 44.1 Å². The van der Waals surface area contributed by atoms with Gasteiger partial charge in [0.1, 0.15) is 5.02 Å². The van der Waals surface area contributed by atoms with Gasteiger partial charge in [0.15, 0.2) is 0 Å². The van der Waals surface area contributed by atoms with Gasteiger partial charge in [0.2, 0.25) is 5.88 Å². The Bertz CT molecular complexity index is 1500. The summed E-state index contributed by atoms with van der Waals surface area (Å²) in [6.07, 6.45) is -3.44. The Balaban J connectivity index is 2.05.